The summed E-state index contributed by atoms with van der Waals surface area (Å²) >= 11 is 1.19. The van der Waals surface area contributed by atoms with Gasteiger partial charge in [0.2, 0.25) is 11.7 Å². The molecule has 0 fully saturated rings. The van der Waals surface area contributed by atoms with E-state index in [0.717, 1.165) is 16.7 Å². The van der Waals surface area contributed by atoms with Gasteiger partial charge in [0, 0.05) is 18.8 Å². The molecule has 0 aliphatic heterocycles. The van der Waals surface area contributed by atoms with E-state index >= 15 is 0 Å². The van der Waals surface area contributed by atoms with Crippen molar-refractivity contribution >= 4 is 23.0 Å². The van der Waals surface area contributed by atoms with Gasteiger partial charge in [0.15, 0.2) is 5.92 Å². The number of carbonyl (C=O) groups excluding carboxylic acids is 2. The second-order valence-electron chi connectivity index (χ2n) is 4.89. The van der Waals surface area contributed by atoms with Crippen LogP contribution in [0.3, 0.4) is 0 Å². The molecule has 1 atom stereocenters. The molecule has 0 saturated heterocycles. The molecule has 0 aliphatic rings. The molecule has 112 valence electrons. The van der Waals surface area contributed by atoms with Gasteiger partial charge in [-0.2, -0.15) is 5.26 Å². The van der Waals surface area contributed by atoms with E-state index < -0.39 is 17.6 Å². The Bertz CT molecular complexity index is 774. The van der Waals surface area contributed by atoms with E-state index in [1.54, 1.807) is 6.07 Å². The minimum absolute atomic E-state index is 0.310. The number of hydrogen-bond acceptors (Lipinski definition) is 5. The third-order valence-electron chi connectivity index (χ3n) is 3.26. The third-order valence-corrected chi connectivity index (χ3v) is 4.31. The number of nitrogens with one attached hydrogen (secondary N) is 1. The lowest BCUT2D eigenvalue weighted by Crippen LogP contribution is -2.31. The first kappa shape index (κ1) is 15.9. The molecule has 0 bridgehead atoms. The number of aryl methyl sites for hydroxylation is 2. The zero-order valence-corrected chi connectivity index (χ0v) is 13.3. The highest BCUT2D eigenvalue weighted by Crippen LogP contribution is 2.29. The van der Waals surface area contributed by atoms with Crippen molar-refractivity contribution in [3.63, 3.8) is 0 Å². The van der Waals surface area contributed by atoms with Crippen LogP contribution in [0.15, 0.2) is 24.4 Å². The lowest BCUT2D eigenvalue weighted by atomic mass is 10.0. The van der Waals surface area contributed by atoms with Crippen molar-refractivity contribution in [1.29, 1.82) is 5.26 Å². The summed E-state index contributed by atoms with van der Waals surface area (Å²) in [6.45, 7) is 3.99. The Kier molecular flexibility index (Phi) is 4.68. The number of nitrogens with zero attached hydrogens (tertiary/aromatic N) is 2. The molecule has 1 N–H and O–H groups in total. The van der Waals surface area contributed by atoms with Crippen LogP contribution in [0, 0.1) is 31.1 Å². The molecule has 0 radical (unpaired) electrons. The van der Waals surface area contributed by atoms with Crippen molar-refractivity contribution in [2.75, 3.05) is 7.05 Å². The number of carbonyl (C=O) groups is 2. The molecule has 6 heteroatoms. The highest BCUT2D eigenvalue weighted by Gasteiger charge is 2.28. The number of amides is 1. The Labute approximate surface area is 132 Å². The molecule has 0 unspecified atom stereocenters. The third kappa shape index (κ3) is 3.05. The summed E-state index contributed by atoms with van der Waals surface area (Å²) in [7, 11) is 1.40. The van der Waals surface area contributed by atoms with Crippen LogP contribution >= 0.6 is 11.3 Å². The van der Waals surface area contributed by atoms with Gasteiger partial charge in [-0.15, -0.1) is 11.3 Å². The number of aromatic nitrogens is 1. The van der Waals surface area contributed by atoms with Gasteiger partial charge in [0.1, 0.15) is 5.01 Å². The number of hydrogen-bond donors (Lipinski definition) is 1. The van der Waals surface area contributed by atoms with E-state index in [4.69, 9.17) is 5.26 Å². The molecule has 22 heavy (non-hydrogen) atoms. The van der Waals surface area contributed by atoms with E-state index in [1.165, 1.54) is 24.6 Å². The number of nitriles is 1. The van der Waals surface area contributed by atoms with Gasteiger partial charge < -0.3 is 5.32 Å². The van der Waals surface area contributed by atoms with Crippen molar-refractivity contribution in [2.24, 2.45) is 5.92 Å². The molecule has 1 aromatic carbocycles. The Morgan fingerprint density at radius 3 is 2.68 bits per heavy atom. The molecule has 0 spiro atoms. The van der Waals surface area contributed by atoms with Crippen molar-refractivity contribution < 1.29 is 9.59 Å². The molecule has 1 amide bonds. The van der Waals surface area contributed by atoms with Crippen molar-refractivity contribution in [1.82, 2.24) is 10.3 Å². The summed E-state index contributed by atoms with van der Waals surface area (Å²) in [5, 5.41) is 12.0. The van der Waals surface area contributed by atoms with Crippen molar-refractivity contribution in [2.45, 2.75) is 13.8 Å². The van der Waals surface area contributed by atoms with Gasteiger partial charge in [0.05, 0.1) is 10.9 Å². The first-order valence-electron chi connectivity index (χ1n) is 6.66. The maximum absolute atomic E-state index is 12.2. The van der Waals surface area contributed by atoms with Gasteiger partial charge in [-0.25, -0.2) is 4.98 Å². The molecular weight excluding hydrogens is 298 g/mol. The van der Waals surface area contributed by atoms with Gasteiger partial charge in [-0.1, -0.05) is 23.8 Å². The average Bonchev–Trinajstić information content (AvgIpc) is 2.97. The van der Waals surface area contributed by atoms with Crippen LogP contribution in [-0.2, 0) is 4.79 Å². The minimum atomic E-state index is -1.34. The van der Waals surface area contributed by atoms with Gasteiger partial charge in [0.25, 0.3) is 0 Å². The quantitative estimate of drug-likeness (QED) is 0.694. The smallest absolute Gasteiger partial charge is 0.245 e. The summed E-state index contributed by atoms with van der Waals surface area (Å²) in [6, 6.07) is 7.72. The SMILES string of the molecule is CNC(=O)[C@H](C#N)C(=O)c1cnc(-c2ccc(C)cc2C)s1. The predicted molar refractivity (Wildman–Crippen MR) is 84.5 cm³/mol. The number of Topliss-reactive ketones (excluding diaryl/α,β-unsaturated/α-hetero) is 1. The van der Waals surface area contributed by atoms with E-state index in [2.05, 4.69) is 10.3 Å². The van der Waals surface area contributed by atoms with Crippen molar-refractivity contribution in [3.8, 4) is 16.6 Å². The molecule has 0 aliphatic carbocycles. The van der Waals surface area contributed by atoms with E-state index in [9.17, 15) is 9.59 Å². The molecule has 1 heterocycles. The van der Waals surface area contributed by atoms with Crippen LogP contribution in [0.4, 0.5) is 0 Å². The molecular formula is C16H15N3O2S. The van der Waals surface area contributed by atoms with Gasteiger partial charge >= 0.3 is 0 Å². The predicted octanol–water partition coefficient (Wildman–Crippen LogP) is 2.50. The fourth-order valence-electron chi connectivity index (χ4n) is 2.09. The topological polar surface area (TPSA) is 82.9 Å². The first-order chi connectivity index (χ1) is 10.5. The lowest BCUT2D eigenvalue weighted by Gasteiger charge is -2.04. The number of benzene rings is 1. The lowest BCUT2D eigenvalue weighted by molar-refractivity contribution is -0.121. The van der Waals surface area contributed by atoms with Crippen molar-refractivity contribution in [3.05, 3.63) is 40.4 Å². The highest BCUT2D eigenvalue weighted by atomic mass is 32.1. The molecule has 0 saturated carbocycles. The number of thiazole rings is 1. The largest absolute Gasteiger partial charge is 0.358 e. The summed E-state index contributed by atoms with van der Waals surface area (Å²) < 4.78 is 0. The average molecular weight is 313 g/mol. The van der Waals surface area contributed by atoms with E-state index in [0.29, 0.717) is 9.88 Å². The molecule has 5 nitrogen and oxygen atoms in total. The fourth-order valence-corrected chi connectivity index (χ4v) is 3.07. The summed E-state index contributed by atoms with van der Waals surface area (Å²) in [4.78, 5) is 28.4. The van der Waals surface area contributed by atoms with Crippen LogP contribution in [-0.4, -0.2) is 23.7 Å². The van der Waals surface area contributed by atoms with Crippen LogP contribution < -0.4 is 5.32 Å². The van der Waals surface area contributed by atoms with Crippen LogP contribution in [0.2, 0.25) is 0 Å². The number of ketones is 1. The number of rotatable bonds is 4. The molecule has 2 aromatic rings. The van der Waals surface area contributed by atoms with Crippen LogP contribution in [0.1, 0.15) is 20.8 Å². The summed E-state index contributed by atoms with van der Waals surface area (Å²) in [5.41, 5.74) is 3.16. The zero-order valence-electron chi connectivity index (χ0n) is 12.5. The van der Waals surface area contributed by atoms with Gasteiger partial charge in [-0.05, 0) is 19.4 Å². The van der Waals surface area contributed by atoms with E-state index in [1.807, 2.05) is 32.0 Å². The maximum Gasteiger partial charge on any atom is 0.245 e. The minimum Gasteiger partial charge on any atom is -0.358 e. The first-order valence-corrected chi connectivity index (χ1v) is 7.48. The summed E-state index contributed by atoms with van der Waals surface area (Å²) in [5.74, 6) is -2.46. The Morgan fingerprint density at radius 2 is 2.09 bits per heavy atom. The Hall–Kier alpha value is -2.52. The Balaban J connectivity index is 2.34. The van der Waals surface area contributed by atoms with Crippen LogP contribution in [0.25, 0.3) is 10.6 Å². The van der Waals surface area contributed by atoms with E-state index in [-0.39, 0.29) is 0 Å². The molecule has 1 aromatic heterocycles. The Morgan fingerprint density at radius 1 is 1.36 bits per heavy atom. The molecule has 2 rings (SSSR count). The standard InChI is InChI=1S/C16H15N3O2S/c1-9-4-5-11(10(2)6-9)16-19-8-13(22-16)14(20)12(7-17)15(21)18-3/h4-6,8,12H,1-3H3,(H,18,21)/t12-/m1/s1. The fraction of sp³-hybridized carbons (Fsp3) is 0.250. The normalized spacial score (nSPS) is 11.5. The second kappa shape index (κ2) is 6.50. The highest BCUT2D eigenvalue weighted by molar-refractivity contribution is 7.17. The van der Waals surface area contributed by atoms with Crippen LogP contribution in [0.5, 0.6) is 0 Å². The van der Waals surface area contributed by atoms with Gasteiger partial charge in [-0.3, -0.25) is 9.59 Å². The maximum atomic E-state index is 12.2. The summed E-state index contributed by atoms with van der Waals surface area (Å²) in [6.07, 6.45) is 1.43. The monoisotopic (exact) mass is 313 g/mol. The zero-order chi connectivity index (χ0) is 16.3. The second-order valence-corrected chi connectivity index (χ2v) is 5.92.